The summed E-state index contributed by atoms with van der Waals surface area (Å²) in [4.78, 5) is 12.2. The number of rotatable bonds is 5. The maximum absolute atomic E-state index is 12.2. The Bertz CT molecular complexity index is 600. The third-order valence-electron chi connectivity index (χ3n) is 2.69. The standard InChI is InChI=1S/C13H16N4O2S/c1-9(20-13-16-14-8-17(13)2)12(18)15-10-6-4-5-7-11(10)19-3/h4-9H,1-3H3,(H,15,18)/t9-/m0/s1. The maximum Gasteiger partial charge on any atom is 0.237 e. The number of thioether (sulfide) groups is 1. The largest absolute Gasteiger partial charge is 0.495 e. The van der Waals surface area contributed by atoms with Crippen LogP contribution in [0, 0.1) is 0 Å². The monoisotopic (exact) mass is 292 g/mol. The fourth-order valence-corrected chi connectivity index (χ4v) is 2.36. The molecule has 6 nitrogen and oxygen atoms in total. The zero-order valence-corrected chi connectivity index (χ0v) is 12.3. The summed E-state index contributed by atoms with van der Waals surface area (Å²) in [6, 6.07) is 7.30. The molecule has 0 fully saturated rings. The Kier molecular flexibility index (Phi) is 4.62. The maximum atomic E-state index is 12.2. The van der Waals surface area contributed by atoms with Crippen LogP contribution in [0.15, 0.2) is 35.7 Å². The van der Waals surface area contributed by atoms with Crippen LogP contribution in [0.1, 0.15) is 6.92 Å². The van der Waals surface area contributed by atoms with Gasteiger partial charge < -0.3 is 14.6 Å². The molecule has 0 aliphatic rings. The molecule has 0 aliphatic heterocycles. The second-order valence-electron chi connectivity index (χ2n) is 4.17. The Labute approximate surface area is 121 Å². The summed E-state index contributed by atoms with van der Waals surface area (Å²) >= 11 is 1.35. The van der Waals surface area contributed by atoms with E-state index < -0.39 is 0 Å². The molecule has 0 saturated carbocycles. The van der Waals surface area contributed by atoms with E-state index in [1.165, 1.54) is 11.8 Å². The molecule has 1 atom stereocenters. The second-order valence-corrected chi connectivity index (χ2v) is 5.48. The first-order chi connectivity index (χ1) is 9.61. The van der Waals surface area contributed by atoms with Gasteiger partial charge in [0.15, 0.2) is 5.16 Å². The number of hydrogen-bond donors (Lipinski definition) is 1. The number of aromatic nitrogens is 3. The minimum absolute atomic E-state index is 0.109. The Morgan fingerprint density at radius 1 is 1.45 bits per heavy atom. The van der Waals surface area contributed by atoms with Crippen molar-refractivity contribution in [2.75, 3.05) is 12.4 Å². The number of nitrogens with one attached hydrogen (secondary N) is 1. The lowest BCUT2D eigenvalue weighted by molar-refractivity contribution is -0.115. The molecule has 1 amide bonds. The van der Waals surface area contributed by atoms with Crippen LogP contribution in [0.5, 0.6) is 5.75 Å². The summed E-state index contributed by atoms with van der Waals surface area (Å²) in [6.45, 7) is 1.82. The third-order valence-corrected chi connectivity index (χ3v) is 3.83. The van der Waals surface area contributed by atoms with Crippen molar-refractivity contribution in [3.63, 3.8) is 0 Å². The predicted octanol–water partition coefficient (Wildman–Crippen LogP) is 1.94. The highest BCUT2D eigenvalue weighted by Gasteiger charge is 2.18. The van der Waals surface area contributed by atoms with Gasteiger partial charge in [-0.05, 0) is 19.1 Å². The van der Waals surface area contributed by atoms with E-state index in [0.717, 1.165) is 0 Å². The molecule has 1 heterocycles. The van der Waals surface area contributed by atoms with Gasteiger partial charge in [-0.1, -0.05) is 23.9 Å². The highest BCUT2D eigenvalue weighted by molar-refractivity contribution is 8.00. The van der Waals surface area contributed by atoms with Gasteiger partial charge >= 0.3 is 0 Å². The number of methoxy groups -OCH3 is 1. The number of hydrogen-bond acceptors (Lipinski definition) is 5. The van der Waals surface area contributed by atoms with E-state index in [4.69, 9.17) is 4.74 Å². The Balaban J connectivity index is 2.02. The van der Waals surface area contributed by atoms with Crippen molar-refractivity contribution < 1.29 is 9.53 Å². The lowest BCUT2D eigenvalue weighted by Crippen LogP contribution is -2.23. The fraction of sp³-hybridized carbons (Fsp3) is 0.308. The van der Waals surface area contributed by atoms with E-state index in [9.17, 15) is 4.79 Å². The van der Waals surface area contributed by atoms with Crippen molar-refractivity contribution in [3.05, 3.63) is 30.6 Å². The first-order valence-electron chi connectivity index (χ1n) is 6.06. The minimum atomic E-state index is -0.289. The number of anilines is 1. The SMILES string of the molecule is COc1ccccc1NC(=O)[C@H](C)Sc1nncn1C. The number of amides is 1. The van der Waals surface area contributed by atoms with Gasteiger partial charge in [-0.3, -0.25) is 4.79 Å². The van der Waals surface area contributed by atoms with Gasteiger partial charge in [-0.25, -0.2) is 0 Å². The Morgan fingerprint density at radius 3 is 2.85 bits per heavy atom. The Hall–Kier alpha value is -2.02. The molecule has 0 aliphatic carbocycles. The number of ether oxygens (including phenoxy) is 1. The van der Waals surface area contributed by atoms with Crippen molar-refractivity contribution in [1.29, 1.82) is 0 Å². The van der Waals surface area contributed by atoms with Crippen molar-refractivity contribution in [2.45, 2.75) is 17.3 Å². The number of aryl methyl sites for hydroxylation is 1. The molecule has 0 saturated heterocycles. The Morgan fingerprint density at radius 2 is 2.20 bits per heavy atom. The van der Waals surface area contributed by atoms with Gasteiger partial charge in [-0.2, -0.15) is 0 Å². The molecule has 0 unspecified atom stereocenters. The van der Waals surface area contributed by atoms with Crippen LogP contribution in [0.25, 0.3) is 0 Å². The first-order valence-corrected chi connectivity index (χ1v) is 6.94. The number of para-hydroxylation sites is 2. The fourth-order valence-electron chi connectivity index (χ4n) is 1.57. The summed E-state index contributed by atoms with van der Waals surface area (Å²) in [5.41, 5.74) is 0.658. The zero-order valence-electron chi connectivity index (χ0n) is 11.5. The van der Waals surface area contributed by atoms with Crippen LogP contribution in [-0.4, -0.2) is 33.0 Å². The van der Waals surface area contributed by atoms with Crippen molar-refractivity contribution in [1.82, 2.24) is 14.8 Å². The van der Waals surface area contributed by atoms with Crippen LogP contribution >= 0.6 is 11.8 Å². The highest BCUT2D eigenvalue weighted by atomic mass is 32.2. The quantitative estimate of drug-likeness (QED) is 0.853. The average molecular weight is 292 g/mol. The molecule has 2 aromatic rings. The molecule has 2 rings (SSSR count). The predicted molar refractivity (Wildman–Crippen MR) is 77.9 cm³/mol. The van der Waals surface area contributed by atoms with E-state index in [1.807, 2.05) is 26.1 Å². The van der Waals surface area contributed by atoms with E-state index in [0.29, 0.717) is 16.6 Å². The second kappa shape index (κ2) is 6.42. The summed E-state index contributed by atoms with van der Waals surface area (Å²) in [7, 11) is 3.41. The van der Waals surface area contributed by atoms with Gasteiger partial charge in [0, 0.05) is 7.05 Å². The van der Waals surface area contributed by atoms with Crippen molar-refractivity contribution in [2.24, 2.45) is 7.05 Å². The van der Waals surface area contributed by atoms with Gasteiger partial charge in [0.05, 0.1) is 18.0 Å². The van der Waals surface area contributed by atoms with Crippen LogP contribution in [0.4, 0.5) is 5.69 Å². The normalized spacial score (nSPS) is 11.9. The molecular formula is C13H16N4O2S. The van der Waals surface area contributed by atoms with Gasteiger partial charge in [0.25, 0.3) is 0 Å². The first kappa shape index (κ1) is 14.4. The lowest BCUT2D eigenvalue weighted by atomic mass is 10.3. The van der Waals surface area contributed by atoms with E-state index in [1.54, 1.807) is 30.1 Å². The van der Waals surface area contributed by atoms with Crippen molar-refractivity contribution >= 4 is 23.4 Å². The molecule has 1 N–H and O–H groups in total. The number of benzene rings is 1. The van der Waals surface area contributed by atoms with E-state index in [2.05, 4.69) is 15.5 Å². The molecular weight excluding hydrogens is 276 g/mol. The van der Waals surface area contributed by atoms with Gasteiger partial charge in [0.2, 0.25) is 5.91 Å². The number of nitrogens with zero attached hydrogens (tertiary/aromatic N) is 3. The van der Waals surface area contributed by atoms with E-state index >= 15 is 0 Å². The highest BCUT2D eigenvalue weighted by Crippen LogP contribution is 2.25. The summed E-state index contributed by atoms with van der Waals surface area (Å²) in [5, 5.41) is 11.0. The van der Waals surface area contributed by atoms with Crippen molar-refractivity contribution in [3.8, 4) is 5.75 Å². The minimum Gasteiger partial charge on any atom is -0.495 e. The van der Waals surface area contributed by atoms with Gasteiger partial charge in [0.1, 0.15) is 12.1 Å². The molecule has 1 aromatic carbocycles. The molecule has 106 valence electrons. The van der Waals surface area contributed by atoms with Crippen LogP contribution in [-0.2, 0) is 11.8 Å². The lowest BCUT2D eigenvalue weighted by Gasteiger charge is -2.13. The third kappa shape index (κ3) is 3.30. The molecule has 7 heteroatoms. The van der Waals surface area contributed by atoms with Crippen LogP contribution in [0.2, 0.25) is 0 Å². The average Bonchev–Trinajstić information content (AvgIpc) is 2.84. The molecule has 1 aromatic heterocycles. The summed E-state index contributed by atoms with van der Waals surface area (Å²) < 4.78 is 6.98. The van der Waals surface area contributed by atoms with Gasteiger partial charge in [-0.15, -0.1) is 10.2 Å². The molecule has 0 radical (unpaired) electrons. The summed E-state index contributed by atoms with van der Waals surface area (Å²) in [6.07, 6.45) is 1.60. The molecule has 0 spiro atoms. The topological polar surface area (TPSA) is 69.0 Å². The number of carbonyl (C=O) groups excluding carboxylic acids is 1. The molecule has 0 bridgehead atoms. The molecule has 20 heavy (non-hydrogen) atoms. The van der Waals surface area contributed by atoms with Crippen LogP contribution < -0.4 is 10.1 Å². The number of carbonyl (C=O) groups is 1. The van der Waals surface area contributed by atoms with E-state index in [-0.39, 0.29) is 11.2 Å². The summed E-state index contributed by atoms with van der Waals surface area (Å²) in [5.74, 6) is 0.527. The van der Waals surface area contributed by atoms with Crippen LogP contribution in [0.3, 0.4) is 0 Å². The smallest absolute Gasteiger partial charge is 0.237 e. The zero-order chi connectivity index (χ0) is 14.5.